The van der Waals surface area contributed by atoms with Gasteiger partial charge in [0.2, 0.25) is 21.8 Å². The molecule has 204 valence electrons. The van der Waals surface area contributed by atoms with Crippen LogP contribution in [0.25, 0.3) is 0 Å². The molecule has 0 radical (unpaired) electrons. The van der Waals surface area contributed by atoms with Crippen molar-refractivity contribution in [2.24, 2.45) is 0 Å². The Morgan fingerprint density at radius 2 is 1.68 bits per heavy atom. The smallest absolute Gasteiger partial charge is 0.243 e. The van der Waals surface area contributed by atoms with Crippen LogP contribution in [0.15, 0.2) is 42.5 Å². The fraction of sp³-hybridized carbons (Fsp3) is 0.500. The van der Waals surface area contributed by atoms with Crippen molar-refractivity contribution in [3.8, 4) is 0 Å². The molecule has 2 rings (SSSR count). The molecule has 0 spiro atoms. The maximum Gasteiger partial charge on any atom is 0.243 e. The van der Waals surface area contributed by atoms with E-state index in [9.17, 15) is 18.0 Å². The number of aryl methyl sites for hydroxylation is 2. The van der Waals surface area contributed by atoms with Gasteiger partial charge >= 0.3 is 0 Å². The first-order valence-electron chi connectivity index (χ1n) is 12.5. The van der Waals surface area contributed by atoms with Crippen LogP contribution in [0.1, 0.15) is 63.6 Å². The van der Waals surface area contributed by atoms with Gasteiger partial charge in [0.1, 0.15) is 6.04 Å². The van der Waals surface area contributed by atoms with E-state index in [1.165, 1.54) is 10.6 Å². The van der Waals surface area contributed by atoms with Gasteiger partial charge in [-0.3, -0.25) is 13.9 Å². The van der Waals surface area contributed by atoms with Crippen molar-refractivity contribution >= 4 is 39.1 Å². The van der Waals surface area contributed by atoms with Gasteiger partial charge in [-0.1, -0.05) is 42.8 Å². The maximum absolute atomic E-state index is 13.5. The van der Waals surface area contributed by atoms with Gasteiger partial charge in [-0.15, -0.1) is 0 Å². The topological polar surface area (TPSA) is 86.8 Å². The summed E-state index contributed by atoms with van der Waals surface area (Å²) >= 11 is 6.03. The number of carbonyl (C=O) groups excluding carboxylic acids is 2. The zero-order valence-electron chi connectivity index (χ0n) is 23.0. The van der Waals surface area contributed by atoms with E-state index in [4.69, 9.17) is 11.6 Å². The van der Waals surface area contributed by atoms with Gasteiger partial charge in [0, 0.05) is 30.1 Å². The number of nitrogens with one attached hydrogen (secondary N) is 1. The van der Waals surface area contributed by atoms with E-state index >= 15 is 0 Å². The molecule has 2 aromatic rings. The molecule has 0 aromatic heterocycles. The molecular weight excluding hydrogens is 510 g/mol. The Morgan fingerprint density at radius 1 is 1.05 bits per heavy atom. The molecule has 0 aliphatic carbocycles. The molecule has 2 aromatic carbocycles. The summed E-state index contributed by atoms with van der Waals surface area (Å²) in [6.45, 7) is 11.8. The highest BCUT2D eigenvalue weighted by molar-refractivity contribution is 7.92. The highest BCUT2D eigenvalue weighted by Crippen LogP contribution is 2.25. The van der Waals surface area contributed by atoms with Crippen LogP contribution < -0.4 is 9.62 Å². The van der Waals surface area contributed by atoms with Gasteiger partial charge in [-0.25, -0.2) is 8.42 Å². The molecular formula is C28H40ClN3O4S. The predicted molar refractivity (Wildman–Crippen MR) is 151 cm³/mol. The normalized spacial score (nSPS) is 12.6. The first-order valence-corrected chi connectivity index (χ1v) is 14.8. The highest BCUT2D eigenvalue weighted by Gasteiger charge is 2.30. The standard InChI is InChI=1S/C28H40ClN3O4S/c1-8-24(27(34)30-28(4,5)6)31(19-22-13-15-23(29)16-14-22)26(33)10-9-17-32(37(7,35)36)25-18-20(2)11-12-21(25)3/h11-16,18,24H,8-10,17,19H2,1-7H3,(H,30,34). The highest BCUT2D eigenvalue weighted by atomic mass is 35.5. The number of hydrogen-bond acceptors (Lipinski definition) is 4. The minimum absolute atomic E-state index is 0.101. The lowest BCUT2D eigenvalue weighted by atomic mass is 10.0. The molecule has 0 aliphatic heterocycles. The molecule has 0 bridgehead atoms. The van der Waals surface area contributed by atoms with E-state index in [2.05, 4.69) is 5.32 Å². The van der Waals surface area contributed by atoms with Crippen LogP contribution in [0.2, 0.25) is 5.02 Å². The SMILES string of the molecule is CCC(C(=O)NC(C)(C)C)N(Cc1ccc(Cl)cc1)C(=O)CCCN(c1cc(C)ccc1C)S(C)(=O)=O. The summed E-state index contributed by atoms with van der Waals surface area (Å²) in [5.74, 6) is -0.425. The minimum atomic E-state index is -3.55. The minimum Gasteiger partial charge on any atom is -0.350 e. The van der Waals surface area contributed by atoms with E-state index < -0.39 is 21.6 Å². The van der Waals surface area contributed by atoms with E-state index in [-0.39, 0.29) is 31.3 Å². The average Bonchev–Trinajstić information content (AvgIpc) is 2.77. The van der Waals surface area contributed by atoms with Crippen molar-refractivity contribution < 1.29 is 18.0 Å². The van der Waals surface area contributed by atoms with Crippen molar-refractivity contribution in [3.05, 3.63) is 64.2 Å². The molecule has 0 saturated carbocycles. The number of hydrogen-bond donors (Lipinski definition) is 1. The van der Waals surface area contributed by atoms with Crippen LogP contribution >= 0.6 is 11.6 Å². The summed E-state index contributed by atoms with van der Waals surface area (Å²) in [6, 6.07) is 12.2. The summed E-state index contributed by atoms with van der Waals surface area (Å²) in [6.07, 6.45) is 2.03. The lowest BCUT2D eigenvalue weighted by molar-refractivity contribution is -0.142. The molecule has 37 heavy (non-hydrogen) atoms. The molecule has 0 aliphatic rings. The summed E-state index contributed by atoms with van der Waals surface area (Å²) in [7, 11) is -3.55. The summed E-state index contributed by atoms with van der Waals surface area (Å²) < 4.78 is 26.6. The third kappa shape index (κ3) is 9.34. The number of nitrogens with zero attached hydrogens (tertiary/aromatic N) is 2. The van der Waals surface area contributed by atoms with Crippen LogP contribution in [-0.4, -0.2) is 49.5 Å². The predicted octanol–water partition coefficient (Wildman–Crippen LogP) is 5.23. The molecule has 1 N–H and O–H groups in total. The molecule has 0 saturated heterocycles. The van der Waals surface area contributed by atoms with Crippen LogP contribution in [0, 0.1) is 13.8 Å². The van der Waals surface area contributed by atoms with Crippen LogP contribution in [0.3, 0.4) is 0 Å². The lowest BCUT2D eigenvalue weighted by Crippen LogP contribution is -2.53. The van der Waals surface area contributed by atoms with Gasteiger partial charge in [0.05, 0.1) is 11.9 Å². The quantitative estimate of drug-likeness (QED) is 0.416. The monoisotopic (exact) mass is 549 g/mol. The molecule has 1 atom stereocenters. The second-order valence-corrected chi connectivity index (χ2v) is 12.9. The van der Waals surface area contributed by atoms with Crippen LogP contribution in [-0.2, 0) is 26.2 Å². The van der Waals surface area contributed by atoms with Crippen LogP contribution in [0.5, 0.6) is 0 Å². The van der Waals surface area contributed by atoms with E-state index in [1.54, 1.807) is 17.0 Å². The zero-order valence-corrected chi connectivity index (χ0v) is 24.5. The fourth-order valence-corrected chi connectivity index (χ4v) is 5.27. The molecule has 1 unspecified atom stereocenters. The van der Waals surface area contributed by atoms with Gasteiger partial charge < -0.3 is 10.2 Å². The van der Waals surface area contributed by atoms with Crippen molar-refractivity contribution in [1.82, 2.24) is 10.2 Å². The number of halogens is 1. The van der Waals surface area contributed by atoms with Crippen molar-refractivity contribution in [2.45, 2.75) is 78.9 Å². The lowest BCUT2D eigenvalue weighted by Gasteiger charge is -2.33. The molecule has 0 fully saturated rings. The largest absolute Gasteiger partial charge is 0.350 e. The van der Waals surface area contributed by atoms with E-state index in [1.807, 2.05) is 71.9 Å². The number of benzene rings is 2. The Morgan fingerprint density at radius 3 is 2.22 bits per heavy atom. The van der Waals surface area contributed by atoms with Gasteiger partial charge in [-0.2, -0.15) is 0 Å². The number of amides is 2. The second-order valence-electron chi connectivity index (χ2n) is 10.5. The van der Waals surface area contributed by atoms with Gasteiger partial charge in [0.25, 0.3) is 0 Å². The number of sulfonamides is 1. The molecule has 9 heteroatoms. The number of carbonyl (C=O) groups is 2. The average molecular weight is 550 g/mol. The molecule has 7 nitrogen and oxygen atoms in total. The fourth-order valence-electron chi connectivity index (χ4n) is 4.13. The van der Waals surface area contributed by atoms with Gasteiger partial charge in [0.15, 0.2) is 0 Å². The van der Waals surface area contributed by atoms with Crippen molar-refractivity contribution in [1.29, 1.82) is 0 Å². The van der Waals surface area contributed by atoms with E-state index in [0.717, 1.165) is 16.7 Å². The van der Waals surface area contributed by atoms with E-state index in [0.29, 0.717) is 23.6 Å². The Labute approximate surface area is 227 Å². The third-order valence-corrected chi connectivity index (χ3v) is 7.37. The summed E-state index contributed by atoms with van der Waals surface area (Å²) in [5.41, 5.74) is 2.82. The van der Waals surface area contributed by atoms with Crippen molar-refractivity contribution in [2.75, 3.05) is 17.1 Å². The van der Waals surface area contributed by atoms with Crippen LogP contribution in [0.4, 0.5) is 5.69 Å². The first kappa shape index (κ1) is 30.6. The summed E-state index contributed by atoms with van der Waals surface area (Å²) in [5, 5.41) is 3.58. The Bertz CT molecular complexity index is 1190. The first-order chi connectivity index (χ1) is 17.1. The second kappa shape index (κ2) is 12.8. The van der Waals surface area contributed by atoms with Gasteiger partial charge in [-0.05, 0) is 82.3 Å². The number of anilines is 1. The maximum atomic E-state index is 13.5. The molecule has 0 heterocycles. The third-order valence-electron chi connectivity index (χ3n) is 5.94. The summed E-state index contributed by atoms with van der Waals surface area (Å²) in [4.78, 5) is 28.3. The van der Waals surface area contributed by atoms with Crippen molar-refractivity contribution in [3.63, 3.8) is 0 Å². The zero-order chi connectivity index (χ0) is 28.0. The Kier molecular flexibility index (Phi) is 10.6. The Hall–Kier alpha value is -2.58. The number of rotatable bonds is 11. The Balaban J connectivity index is 2.27. The molecule has 2 amide bonds.